The molecule has 8 aromatic rings. The number of benzene rings is 6. The number of hydrogen-bond donors (Lipinski definition) is 0. The van der Waals surface area contributed by atoms with Crippen molar-refractivity contribution in [3.63, 3.8) is 0 Å². The molecule has 0 atom stereocenters. The zero-order valence-corrected chi connectivity index (χ0v) is 30.7. The van der Waals surface area contributed by atoms with Gasteiger partial charge in [0.15, 0.2) is 0 Å². The van der Waals surface area contributed by atoms with Crippen LogP contribution in [0.3, 0.4) is 0 Å². The molecule has 0 fully saturated rings. The van der Waals surface area contributed by atoms with Gasteiger partial charge >= 0.3 is 24.3 Å². The summed E-state index contributed by atoms with van der Waals surface area (Å²) >= 11 is 0. The molecule has 2 aromatic heterocycles. The summed E-state index contributed by atoms with van der Waals surface area (Å²) in [5, 5.41) is 10.7. The maximum atomic E-state index is 9.75. The van der Waals surface area contributed by atoms with Crippen molar-refractivity contribution in [2.45, 2.75) is 0 Å². The fourth-order valence-electron chi connectivity index (χ4n) is 5.99. The molecule has 262 valence electrons. The molecule has 0 aliphatic carbocycles. The van der Waals surface area contributed by atoms with Gasteiger partial charge in [-0.25, -0.2) is 0 Å². The molecular weight excluding hydrogens is 745 g/mol. The monoisotopic (exact) mass is 778 g/mol. The van der Waals surface area contributed by atoms with Gasteiger partial charge in [-0.2, -0.15) is 0 Å². The van der Waals surface area contributed by atoms with Crippen LogP contribution in [-0.2, 0) is 17.1 Å². The van der Waals surface area contributed by atoms with Crippen molar-refractivity contribution < 1.29 is 34.3 Å². The van der Waals surface area contributed by atoms with Gasteiger partial charge in [0.2, 0.25) is 0 Å². The van der Waals surface area contributed by atoms with E-state index in [4.69, 9.17) is 0 Å². The molecule has 0 bridgehead atoms. The van der Waals surface area contributed by atoms with Gasteiger partial charge in [0, 0.05) is 23.2 Å². The molecule has 0 N–H and O–H groups in total. The number of pyridine rings is 2. The van der Waals surface area contributed by atoms with Gasteiger partial charge in [0.1, 0.15) is 58.7 Å². The van der Waals surface area contributed by atoms with E-state index in [1.54, 1.807) is 0 Å². The Labute approximate surface area is 314 Å². The minimum absolute atomic E-state index is 0. The van der Waals surface area contributed by atoms with Crippen molar-refractivity contribution in [2.75, 3.05) is 0 Å². The summed E-state index contributed by atoms with van der Waals surface area (Å²) in [6.45, 7) is 0. The molecule has 0 aliphatic heterocycles. The predicted molar refractivity (Wildman–Crippen MR) is 214 cm³/mol. The number of hydrogen-bond acceptors (Lipinski definition) is 2. The molecule has 2 heterocycles. The average Bonchev–Trinajstić information content (AvgIpc) is 3.17. The third kappa shape index (κ3) is 10.2. The Hall–Kier alpha value is -4.70. The molecule has 0 unspecified atom stereocenters. The molecular formula is C42H34BCuF4N2P2+2. The summed E-state index contributed by atoms with van der Waals surface area (Å²) in [6, 6.07) is 64.6. The molecule has 2 nitrogen and oxygen atoms in total. The SMILES string of the molecule is F[B-](F)(F)F.[Cu+].c1ccc([PH+](c2ccccc2)c2cccc3cccnc23)cc1.c1ccc([PH+](c2ccccc2)c2cccc3cccnc23)cc1. The Morgan fingerprint density at radius 3 is 0.904 bits per heavy atom. The molecule has 0 saturated carbocycles. The first-order valence-corrected chi connectivity index (χ1v) is 19.4. The first-order valence-electron chi connectivity index (χ1n) is 16.4. The van der Waals surface area contributed by atoms with E-state index in [0.717, 1.165) is 11.0 Å². The fourth-order valence-corrected chi connectivity index (χ4v) is 11.4. The predicted octanol–water partition coefficient (Wildman–Crippen LogP) is 8.75. The number of halogens is 4. The normalized spacial score (nSPS) is 10.9. The van der Waals surface area contributed by atoms with Crippen molar-refractivity contribution in [3.8, 4) is 0 Å². The second-order valence-corrected chi connectivity index (χ2v) is 16.4. The Morgan fingerprint density at radius 2 is 0.615 bits per heavy atom. The van der Waals surface area contributed by atoms with E-state index < -0.39 is 23.1 Å². The standard InChI is InChI=1S/2C21H16NP.BF4.Cu/c2*1-3-11-18(12-4-1)23(19-13-5-2-6-14-19)20-15-7-9-17-10-8-16-22-21(17)20;2-1(3,4)5;/h2*1-16H;;/q;;-1;+1/p+2. The van der Waals surface area contributed by atoms with E-state index in [0.29, 0.717) is 0 Å². The van der Waals surface area contributed by atoms with Gasteiger partial charge in [0.25, 0.3) is 0 Å². The van der Waals surface area contributed by atoms with Gasteiger partial charge in [-0.05, 0) is 72.8 Å². The third-order valence-corrected chi connectivity index (χ3v) is 13.6. The molecule has 6 aromatic carbocycles. The van der Waals surface area contributed by atoms with Crippen molar-refractivity contribution in [1.82, 2.24) is 9.97 Å². The van der Waals surface area contributed by atoms with Crippen LogP contribution in [-0.4, -0.2) is 17.2 Å². The van der Waals surface area contributed by atoms with Gasteiger partial charge in [-0.15, -0.1) is 0 Å². The van der Waals surface area contributed by atoms with Crippen LogP contribution in [0.4, 0.5) is 17.3 Å². The minimum Gasteiger partial charge on any atom is -0.418 e. The smallest absolute Gasteiger partial charge is 0.418 e. The maximum absolute atomic E-state index is 9.75. The summed E-state index contributed by atoms with van der Waals surface area (Å²) in [5.74, 6) is 0. The summed E-state index contributed by atoms with van der Waals surface area (Å²) < 4.78 is 39.0. The summed E-state index contributed by atoms with van der Waals surface area (Å²) in [7, 11) is -8.13. The second kappa shape index (κ2) is 18.7. The molecule has 0 amide bonds. The number of nitrogens with zero attached hydrogens (tertiary/aromatic N) is 2. The average molecular weight is 779 g/mol. The molecule has 0 spiro atoms. The topological polar surface area (TPSA) is 25.8 Å². The van der Waals surface area contributed by atoms with E-state index in [1.807, 2.05) is 24.5 Å². The number of fused-ring (bicyclic) bond motifs is 2. The third-order valence-electron chi connectivity index (χ3n) is 8.05. The molecule has 10 heteroatoms. The van der Waals surface area contributed by atoms with Crippen LogP contribution in [0.25, 0.3) is 21.8 Å². The maximum Gasteiger partial charge on any atom is 1.00 e. The van der Waals surface area contributed by atoms with Crippen molar-refractivity contribution >= 4 is 76.7 Å². The quantitative estimate of drug-likeness (QED) is 0.0960. The first kappa shape index (κ1) is 38.5. The minimum atomic E-state index is -6.00. The van der Waals surface area contributed by atoms with Crippen molar-refractivity contribution in [1.29, 1.82) is 0 Å². The summed E-state index contributed by atoms with van der Waals surface area (Å²) in [6.07, 6.45) is 3.78. The van der Waals surface area contributed by atoms with Crippen molar-refractivity contribution in [3.05, 3.63) is 194 Å². The van der Waals surface area contributed by atoms with Gasteiger partial charge in [-0.3, -0.25) is 9.97 Å². The van der Waals surface area contributed by atoms with Crippen LogP contribution >= 0.6 is 15.8 Å². The fraction of sp³-hybridized carbons (Fsp3) is 0. The van der Waals surface area contributed by atoms with Crippen molar-refractivity contribution in [2.24, 2.45) is 0 Å². The summed E-state index contributed by atoms with van der Waals surface area (Å²) in [5.41, 5.74) is 2.24. The molecule has 52 heavy (non-hydrogen) atoms. The second-order valence-electron chi connectivity index (χ2n) is 11.5. The van der Waals surface area contributed by atoms with E-state index in [1.165, 1.54) is 42.6 Å². The van der Waals surface area contributed by atoms with Crippen LogP contribution in [0.1, 0.15) is 0 Å². The van der Waals surface area contributed by atoms with Gasteiger partial charge in [-0.1, -0.05) is 109 Å². The molecule has 0 saturated heterocycles. The first-order chi connectivity index (χ1) is 24.9. The largest absolute Gasteiger partial charge is 1.00 e. The Balaban J connectivity index is 0.000000175. The van der Waals surface area contributed by atoms with E-state index in [2.05, 4.69) is 180 Å². The Bertz CT molecular complexity index is 2030. The molecule has 0 aliphatic rings. The summed E-state index contributed by atoms with van der Waals surface area (Å²) in [4.78, 5) is 9.36. The number of rotatable bonds is 6. The van der Waals surface area contributed by atoms with E-state index >= 15 is 0 Å². The van der Waals surface area contributed by atoms with Crippen LogP contribution in [0.2, 0.25) is 0 Å². The van der Waals surface area contributed by atoms with Crippen LogP contribution < -0.4 is 31.8 Å². The van der Waals surface area contributed by atoms with Gasteiger partial charge in [0.05, 0.1) is 0 Å². The van der Waals surface area contributed by atoms with E-state index in [-0.39, 0.29) is 17.1 Å². The Kier molecular flexibility index (Phi) is 13.9. The van der Waals surface area contributed by atoms with Crippen LogP contribution in [0.5, 0.6) is 0 Å². The van der Waals surface area contributed by atoms with E-state index in [9.17, 15) is 17.3 Å². The zero-order valence-electron chi connectivity index (χ0n) is 27.8. The molecule has 0 radical (unpaired) electrons. The number of aromatic nitrogens is 2. The zero-order chi connectivity index (χ0) is 35.5. The van der Waals surface area contributed by atoms with Crippen LogP contribution in [0, 0.1) is 0 Å². The molecule has 8 rings (SSSR count). The van der Waals surface area contributed by atoms with Gasteiger partial charge < -0.3 is 17.3 Å². The Morgan fingerprint density at radius 1 is 0.346 bits per heavy atom. The number of para-hydroxylation sites is 2. The van der Waals surface area contributed by atoms with Crippen LogP contribution in [0.15, 0.2) is 194 Å².